The Bertz CT molecular complexity index is 907. The molecule has 0 fully saturated rings. The molecule has 3 aromatic rings. The largest absolute Gasteiger partial charge is 0.417 e. The van der Waals surface area contributed by atoms with Gasteiger partial charge in [-0.2, -0.15) is 13.9 Å². The number of pyridine rings is 1. The van der Waals surface area contributed by atoms with Crippen LogP contribution in [-0.2, 0) is 6.54 Å². The van der Waals surface area contributed by atoms with E-state index >= 15 is 0 Å². The van der Waals surface area contributed by atoms with Gasteiger partial charge in [-0.1, -0.05) is 29.8 Å². The van der Waals surface area contributed by atoms with Gasteiger partial charge in [0.15, 0.2) is 0 Å². The Morgan fingerprint density at radius 2 is 1.84 bits per heavy atom. The van der Waals surface area contributed by atoms with Gasteiger partial charge < -0.3 is 4.74 Å². The second kappa shape index (κ2) is 7.21. The molecule has 7 heteroatoms. The van der Waals surface area contributed by atoms with Gasteiger partial charge in [-0.05, 0) is 24.6 Å². The third-order valence-electron chi connectivity index (χ3n) is 3.56. The predicted octanol–water partition coefficient (Wildman–Crippen LogP) is 3.26. The van der Waals surface area contributed by atoms with E-state index in [0.717, 1.165) is 11.1 Å². The minimum atomic E-state index is -2.92. The third-order valence-corrected chi connectivity index (χ3v) is 3.56. The van der Waals surface area contributed by atoms with E-state index < -0.39 is 6.61 Å². The molecule has 0 aliphatic rings. The molecule has 0 bridgehead atoms. The molecule has 1 aromatic carbocycles. The van der Waals surface area contributed by atoms with E-state index in [-0.39, 0.29) is 11.4 Å². The molecule has 0 aliphatic heterocycles. The summed E-state index contributed by atoms with van der Waals surface area (Å²) in [6, 6.07) is 13.7. The van der Waals surface area contributed by atoms with Gasteiger partial charge in [-0.3, -0.25) is 4.79 Å². The molecule has 0 spiro atoms. The highest BCUT2D eigenvalue weighted by atomic mass is 19.3. The lowest BCUT2D eigenvalue weighted by Crippen LogP contribution is -2.22. The first-order valence-corrected chi connectivity index (χ1v) is 7.56. The lowest BCUT2D eigenvalue weighted by molar-refractivity contribution is -0.0528. The van der Waals surface area contributed by atoms with Crippen LogP contribution in [0.3, 0.4) is 0 Å². The molecule has 3 rings (SSSR count). The smallest absolute Gasteiger partial charge is 0.388 e. The van der Waals surface area contributed by atoms with Gasteiger partial charge in [0.25, 0.3) is 5.56 Å². The van der Waals surface area contributed by atoms with Gasteiger partial charge in [-0.15, -0.1) is 0 Å². The molecule has 0 saturated carbocycles. The lowest BCUT2D eigenvalue weighted by atomic mass is 10.1. The van der Waals surface area contributed by atoms with E-state index in [9.17, 15) is 13.6 Å². The van der Waals surface area contributed by atoms with Crippen LogP contribution in [0.25, 0.3) is 11.3 Å². The summed E-state index contributed by atoms with van der Waals surface area (Å²) in [5.41, 5.74) is 2.98. The zero-order valence-corrected chi connectivity index (χ0v) is 13.4. The van der Waals surface area contributed by atoms with E-state index in [4.69, 9.17) is 0 Å². The highest BCUT2D eigenvalue weighted by Crippen LogP contribution is 2.18. The van der Waals surface area contributed by atoms with Gasteiger partial charge in [-0.25, -0.2) is 9.67 Å². The highest BCUT2D eigenvalue weighted by Gasteiger charge is 2.08. The van der Waals surface area contributed by atoms with Crippen molar-refractivity contribution in [2.24, 2.45) is 0 Å². The van der Waals surface area contributed by atoms with Crippen LogP contribution in [0.4, 0.5) is 8.78 Å². The van der Waals surface area contributed by atoms with Gasteiger partial charge in [0, 0.05) is 23.9 Å². The fraction of sp³-hybridized carbons (Fsp3) is 0.167. The van der Waals surface area contributed by atoms with Crippen molar-refractivity contribution in [3.63, 3.8) is 0 Å². The minimum Gasteiger partial charge on any atom is -0.417 e. The van der Waals surface area contributed by atoms with Crippen molar-refractivity contribution in [2.75, 3.05) is 0 Å². The molecule has 2 heterocycles. The number of hydrogen-bond acceptors (Lipinski definition) is 4. The summed E-state index contributed by atoms with van der Waals surface area (Å²) in [6.07, 6.45) is 1.38. The first-order chi connectivity index (χ1) is 12.0. The van der Waals surface area contributed by atoms with Crippen LogP contribution in [0.15, 0.2) is 59.5 Å². The number of benzene rings is 1. The van der Waals surface area contributed by atoms with Crippen molar-refractivity contribution in [1.82, 2.24) is 14.8 Å². The summed E-state index contributed by atoms with van der Waals surface area (Å²) in [5, 5.41) is 4.33. The van der Waals surface area contributed by atoms with E-state index in [2.05, 4.69) is 14.8 Å². The van der Waals surface area contributed by atoms with Crippen LogP contribution in [-0.4, -0.2) is 21.4 Å². The Hall–Kier alpha value is -3.09. The highest BCUT2D eigenvalue weighted by molar-refractivity contribution is 5.57. The average Bonchev–Trinajstić information content (AvgIpc) is 2.59. The maximum atomic E-state index is 12.2. The van der Waals surface area contributed by atoms with Crippen LogP contribution in [0, 0.1) is 6.92 Å². The third kappa shape index (κ3) is 4.26. The Balaban J connectivity index is 1.85. The minimum absolute atomic E-state index is 0.174. The zero-order chi connectivity index (χ0) is 17.8. The van der Waals surface area contributed by atoms with Crippen molar-refractivity contribution in [3.8, 4) is 17.1 Å². The molecule has 0 N–H and O–H groups in total. The Morgan fingerprint density at radius 1 is 1.08 bits per heavy atom. The lowest BCUT2D eigenvalue weighted by Gasteiger charge is -2.08. The molecule has 0 atom stereocenters. The quantitative estimate of drug-likeness (QED) is 0.713. The van der Waals surface area contributed by atoms with Crippen molar-refractivity contribution < 1.29 is 13.5 Å². The Labute approximate surface area is 142 Å². The number of ether oxygens (including phenoxy) is 1. The van der Waals surface area contributed by atoms with Crippen molar-refractivity contribution in [1.29, 1.82) is 0 Å². The molecule has 0 radical (unpaired) electrons. The monoisotopic (exact) mass is 343 g/mol. The predicted molar refractivity (Wildman–Crippen MR) is 88.6 cm³/mol. The summed E-state index contributed by atoms with van der Waals surface area (Å²) >= 11 is 0. The van der Waals surface area contributed by atoms with Gasteiger partial charge in [0.2, 0.25) is 5.88 Å². The summed E-state index contributed by atoms with van der Waals surface area (Å²) < 4.78 is 29.9. The molecule has 0 amide bonds. The molecule has 128 valence electrons. The summed E-state index contributed by atoms with van der Waals surface area (Å²) in [5.74, 6) is -0.174. The van der Waals surface area contributed by atoms with Crippen LogP contribution < -0.4 is 10.3 Å². The summed E-state index contributed by atoms with van der Waals surface area (Å²) in [6.45, 7) is -0.594. The van der Waals surface area contributed by atoms with Gasteiger partial charge >= 0.3 is 6.61 Å². The van der Waals surface area contributed by atoms with Crippen molar-refractivity contribution in [2.45, 2.75) is 20.1 Å². The van der Waals surface area contributed by atoms with Crippen molar-refractivity contribution >= 4 is 0 Å². The number of rotatable bonds is 5. The fourth-order valence-electron chi connectivity index (χ4n) is 2.28. The van der Waals surface area contributed by atoms with E-state index in [0.29, 0.717) is 17.8 Å². The normalized spacial score (nSPS) is 10.9. The molecule has 0 aliphatic carbocycles. The molecular formula is C18H15F2N3O2. The molecular weight excluding hydrogens is 328 g/mol. The van der Waals surface area contributed by atoms with Gasteiger partial charge in [0.1, 0.15) is 0 Å². The van der Waals surface area contributed by atoms with Crippen LogP contribution in [0.1, 0.15) is 11.1 Å². The molecule has 0 unspecified atom stereocenters. The zero-order valence-electron chi connectivity index (χ0n) is 13.4. The first kappa shape index (κ1) is 16.8. The second-order valence-corrected chi connectivity index (χ2v) is 5.46. The van der Waals surface area contributed by atoms with Crippen LogP contribution in [0.2, 0.25) is 0 Å². The van der Waals surface area contributed by atoms with Crippen molar-refractivity contribution in [3.05, 3.63) is 76.2 Å². The number of hydrogen-bond donors (Lipinski definition) is 0. The molecule has 0 saturated heterocycles. The summed E-state index contributed by atoms with van der Waals surface area (Å²) in [7, 11) is 0. The Kier molecular flexibility index (Phi) is 4.83. The number of aryl methyl sites for hydroxylation is 1. The molecule has 5 nitrogen and oxygen atoms in total. The SMILES string of the molecule is Cc1ccc(Cn2nc(-c3ccc(OC(F)F)nc3)ccc2=O)cc1. The molecule has 25 heavy (non-hydrogen) atoms. The number of aromatic nitrogens is 3. The standard InChI is InChI=1S/C18H15F2N3O2/c1-12-2-4-13(5-3-12)11-23-17(24)9-7-15(22-23)14-6-8-16(21-10-14)25-18(19)20/h2-10,18H,11H2,1H3. The fourth-order valence-corrected chi connectivity index (χ4v) is 2.28. The first-order valence-electron chi connectivity index (χ1n) is 7.56. The summed E-state index contributed by atoms with van der Waals surface area (Å²) in [4.78, 5) is 15.8. The van der Waals surface area contributed by atoms with Crippen LogP contribution in [0.5, 0.6) is 5.88 Å². The number of alkyl halides is 2. The maximum absolute atomic E-state index is 12.2. The van der Waals surface area contributed by atoms with Crippen LogP contribution >= 0.6 is 0 Å². The van der Waals surface area contributed by atoms with E-state index in [1.165, 1.54) is 23.0 Å². The van der Waals surface area contributed by atoms with Gasteiger partial charge in [0.05, 0.1) is 12.2 Å². The molecule has 2 aromatic heterocycles. The average molecular weight is 343 g/mol. The maximum Gasteiger partial charge on any atom is 0.388 e. The topological polar surface area (TPSA) is 57.0 Å². The number of halogens is 2. The van der Waals surface area contributed by atoms with E-state index in [1.54, 1.807) is 12.1 Å². The second-order valence-electron chi connectivity index (χ2n) is 5.46. The van der Waals surface area contributed by atoms with E-state index in [1.807, 2.05) is 31.2 Å². The number of nitrogens with zero attached hydrogens (tertiary/aromatic N) is 3. The Morgan fingerprint density at radius 3 is 2.48 bits per heavy atom.